The van der Waals surface area contributed by atoms with Crippen molar-refractivity contribution in [3.8, 4) is 12.3 Å². The van der Waals surface area contributed by atoms with Crippen LogP contribution in [0.3, 0.4) is 0 Å². The minimum atomic E-state index is 0.610. The van der Waals surface area contributed by atoms with Crippen LogP contribution in [0.25, 0.3) is 0 Å². The van der Waals surface area contributed by atoms with Crippen molar-refractivity contribution in [2.24, 2.45) is 0 Å². The molecule has 1 N–H and O–H groups in total. The molecule has 82 valence electrons. The molecule has 0 atom stereocenters. The molecule has 2 nitrogen and oxygen atoms in total. The van der Waals surface area contributed by atoms with E-state index in [9.17, 15) is 0 Å². The van der Waals surface area contributed by atoms with Gasteiger partial charge in [-0.1, -0.05) is 26.2 Å². The van der Waals surface area contributed by atoms with Crippen LogP contribution in [0.1, 0.15) is 33.1 Å². The quantitative estimate of drug-likeness (QED) is 0.470. The zero-order chi connectivity index (χ0) is 10.8. The number of unbranched alkanes of at least 4 members (excludes halogenated alkanes) is 2. The Labute approximate surface area is 89.1 Å². The van der Waals surface area contributed by atoms with E-state index in [0.717, 1.165) is 19.6 Å². The summed E-state index contributed by atoms with van der Waals surface area (Å²) >= 11 is 0. The van der Waals surface area contributed by atoms with Gasteiger partial charge in [-0.3, -0.25) is 4.90 Å². The molecule has 0 bridgehead atoms. The van der Waals surface area contributed by atoms with Crippen molar-refractivity contribution in [1.29, 1.82) is 0 Å². The first-order chi connectivity index (χ1) is 6.66. The van der Waals surface area contributed by atoms with Gasteiger partial charge in [0.05, 0.1) is 6.54 Å². The summed E-state index contributed by atoms with van der Waals surface area (Å²) in [5, 5.41) is 3.41. The topological polar surface area (TPSA) is 15.3 Å². The lowest BCUT2D eigenvalue weighted by Gasteiger charge is -2.13. The average molecular weight is 196 g/mol. The van der Waals surface area contributed by atoms with E-state index < -0.39 is 0 Å². The molecule has 0 aromatic carbocycles. The molecular weight excluding hydrogens is 172 g/mol. The van der Waals surface area contributed by atoms with E-state index in [4.69, 9.17) is 6.42 Å². The van der Waals surface area contributed by atoms with Crippen molar-refractivity contribution in [3.05, 3.63) is 0 Å². The molecule has 0 aliphatic rings. The Kier molecular flexibility index (Phi) is 8.72. The molecule has 0 saturated carbocycles. The van der Waals surface area contributed by atoms with Gasteiger partial charge in [0.15, 0.2) is 0 Å². The summed E-state index contributed by atoms with van der Waals surface area (Å²) in [6.45, 7) is 7.38. The molecule has 0 fully saturated rings. The summed E-state index contributed by atoms with van der Waals surface area (Å²) < 4.78 is 0. The lowest BCUT2D eigenvalue weighted by molar-refractivity contribution is 0.361. The van der Waals surface area contributed by atoms with Crippen LogP contribution in [0.5, 0.6) is 0 Å². The summed E-state index contributed by atoms with van der Waals surface area (Å²) in [5.74, 6) is 2.65. The third-order valence-corrected chi connectivity index (χ3v) is 2.13. The molecule has 2 heteroatoms. The van der Waals surface area contributed by atoms with Crippen molar-refractivity contribution in [2.45, 2.75) is 39.2 Å². The summed E-state index contributed by atoms with van der Waals surface area (Å²) in [6.07, 6.45) is 9.01. The van der Waals surface area contributed by atoms with Gasteiger partial charge in [-0.25, -0.2) is 0 Å². The number of nitrogens with zero attached hydrogens (tertiary/aromatic N) is 1. The minimum absolute atomic E-state index is 0.610. The van der Waals surface area contributed by atoms with E-state index in [1.54, 1.807) is 0 Å². The van der Waals surface area contributed by atoms with Gasteiger partial charge in [0.2, 0.25) is 0 Å². The predicted octanol–water partition coefficient (Wildman–Crippen LogP) is 1.72. The second-order valence-corrected chi connectivity index (χ2v) is 4.11. The van der Waals surface area contributed by atoms with Gasteiger partial charge in [-0.05, 0) is 33.0 Å². The molecule has 0 aliphatic carbocycles. The highest BCUT2D eigenvalue weighted by atomic mass is 15.1. The maximum absolute atomic E-state index is 5.21. The third-order valence-electron chi connectivity index (χ3n) is 2.13. The van der Waals surface area contributed by atoms with Gasteiger partial charge < -0.3 is 5.32 Å². The zero-order valence-corrected chi connectivity index (χ0v) is 9.84. The molecular formula is C12H24N2. The van der Waals surface area contributed by atoms with E-state index in [1.807, 2.05) is 0 Å². The number of rotatable bonds is 8. The molecule has 0 rings (SSSR count). The van der Waals surface area contributed by atoms with Crippen LogP contribution in [-0.2, 0) is 0 Å². The molecule has 0 spiro atoms. The monoisotopic (exact) mass is 196 g/mol. The maximum atomic E-state index is 5.21. The van der Waals surface area contributed by atoms with Crippen LogP contribution in [0.4, 0.5) is 0 Å². The van der Waals surface area contributed by atoms with Crippen molar-refractivity contribution >= 4 is 0 Å². The van der Waals surface area contributed by atoms with E-state index in [-0.39, 0.29) is 0 Å². The predicted molar refractivity (Wildman–Crippen MR) is 63.3 cm³/mol. The number of terminal acetylenes is 1. The van der Waals surface area contributed by atoms with Crippen LogP contribution in [0.15, 0.2) is 0 Å². The van der Waals surface area contributed by atoms with Gasteiger partial charge in [0.1, 0.15) is 0 Å². The number of hydrogen-bond acceptors (Lipinski definition) is 2. The SMILES string of the molecule is C#CCN(C)CCCCCNC(C)C. The van der Waals surface area contributed by atoms with E-state index in [1.165, 1.54) is 19.3 Å². The van der Waals surface area contributed by atoms with Crippen LogP contribution in [-0.4, -0.2) is 37.6 Å². The van der Waals surface area contributed by atoms with Gasteiger partial charge in [-0.2, -0.15) is 0 Å². The second-order valence-electron chi connectivity index (χ2n) is 4.11. The Morgan fingerprint density at radius 1 is 1.29 bits per heavy atom. The molecule has 0 saturated heterocycles. The average Bonchev–Trinajstić information content (AvgIpc) is 2.11. The standard InChI is InChI=1S/C12H24N2/c1-5-10-14(4)11-8-6-7-9-13-12(2)3/h1,12-13H,6-11H2,2-4H3. The largest absolute Gasteiger partial charge is 0.315 e. The molecule has 0 heterocycles. The molecule has 0 aromatic rings. The molecule has 14 heavy (non-hydrogen) atoms. The smallest absolute Gasteiger partial charge is 0.0596 e. The highest BCUT2D eigenvalue weighted by Gasteiger charge is 1.96. The van der Waals surface area contributed by atoms with Crippen LogP contribution in [0.2, 0.25) is 0 Å². The highest BCUT2D eigenvalue weighted by molar-refractivity contribution is 4.86. The van der Waals surface area contributed by atoms with Crippen LogP contribution < -0.4 is 5.32 Å². The minimum Gasteiger partial charge on any atom is -0.315 e. The molecule has 0 radical (unpaired) electrons. The third kappa shape index (κ3) is 9.57. The Morgan fingerprint density at radius 3 is 2.57 bits per heavy atom. The molecule has 0 aromatic heterocycles. The fourth-order valence-corrected chi connectivity index (χ4v) is 1.31. The van der Waals surface area contributed by atoms with Crippen LogP contribution >= 0.6 is 0 Å². The Bertz CT molecular complexity index is 158. The van der Waals surface area contributed by atoms with Gasteiger partial charge >= 0.3 is 0 Å². The van der Waals surface area contributed by atoms with Crippen molar-refractivity contribution in [3.63, 3.8) is 0 Å². The summed E-state index contributed by atoms with van der Waals surface area (Å²) in [6, 6.07) is 0.610. The van der Waals surface area contributed by atoms with Gasteiger partial charge in [0, 0.05) is 6.04 Å². The second kappa shape index (κ2) is 9.05. The summed E-state index contributed by atoms with van der Waals surface area (Å²) in [5.41, 5.74) is 0. The molecule has 0 amide bonds. The van der Waals surface area contributed by atoms with Gasteiger partial charge in [0.25, 0.3) is 0 Å². The first kappa shape index (κ1) is 13.5. The Morgan fingerprint density at radius 2 is 2.00 bits per heavy atom. The fraction of sp³-hybridized carbons (Fsp3) is 0.833. The first-order valence-corrected chi connectivity index (χ1v) is 5.52. The molecule has 0 unspecified atom stereocenters. The Balaban J connectivity index is 3.10. The number of nitrogens with one attached hydrogen (secondary N) is 1. The van der Waals surface area contributed by atoms with E-state index in [0.29, 0.717) is 6.04 Å². The maximum Gasteiger partial charge on any atom is 0.0596 e. The lowest BCUT2D eigenvalue weighted by Crippen LogP contribution is -2.24. The normalized spacial score (nSPS) is 10.9. The van der Waals surface area contributed by atoms with Crippen LogP contribution in [0, 0.1) is 12.3 Å². The van der Waals surface area contributed by atoms with E-state index >= 15 is 0 Å². The summed E-state index contributed by atoms with van der Waals surface area (Å²) in [4.78, 5) is 2.19. The van der Waals surface area contributed by atoms with Crippen molar-refractivity contribution < 1.29 is 0 Å². The van der Waals surface area contributed by atoms with Crippen molar-refractivity contribution in [2.75, 3.05) is 26.7 Å². The number of hydrogen-bond donors (Lipinski definition) is 1. The Hall–Kier alpha value is -0.520. The molecule has 0 aliphatic heterocycles. The summed E-state index contributed by atoms with van der Waals surface area (Å²) in [7, 11) is 2.08. The fourth-order valence-electron chi connectivity index (χ4n) is 1.31. The lowest BCUT2D eigenvalue weighted by atomic mass is 10.2. The van der Waals surface area contributed by atoms with E-state index in [2.05, 4.69) is 37.0 Å². The zero-order valence-electron chi connectivity index (χ0n) is 9.84. The van der Waals surface area contributed by atoms with Gasteiger partial charge in [-0.15, -0.1) is 6.42 Å². The highest BCUT2D eigenvalue weighted by Crippen LogP contribution is 1.96. The first-order valence-electron chi connectivity index (χ1n) is 5.52. The van der Waals surface area contributed by atoms with Crippen molar-refractivity contribution in [1.82, 2.24) is 10.2 Å².